The molecule has 118 valence electrons. The molecule has 1 aromatic carbocycles. The molecule has 0 aromatic heterocycles. The van der Waals surface area contributed by atoms with Crippen LogP contribution in [0.2, 0.25) is 0 Å². The Labute approximate surface area is 117 Å². The van der Waals surface area contributed by atoms with Crippen molar-refractivity contribution in [1.82, 2.24) is 10.2 Å². The number of nitrogens with one attached hydrogen (secondary N) is 1. The first-order valence-corrected chi connectivity index (χ1v) is 6.38. The van der Waals surface area contributed by atoms with E-state index in [0.29, 0.717) is 19.2 Å². The predicted molar refractivity (Wildman–Crippen MR) is 64.7 cm³/mol. The lowest BCUT2D eigenvalue weighted by atomic mass is 10.0. The minimum absolute atomic E-state index is 0.139. The van der Waals surface area contributed by atoms with E-state index >= 15 is 0 Å². The second-order valence-electron chi connectivity index (χ2n) is 4.85. The van der Waals surface area contributed by atoms with Crippen molar-refractivity contribution in [3.8, 4) is 0 Å². The third kappa shape index (κ3) is 3.88. The van der Waals surface area contributed by atoms with Crippen molar-refractivity contribution in [2.45, 2.75) is 18.4 Å². The van der Waals surface area contributed by atoms with Gasteiger partial charge in [-0.2, -0.15) is 26.3 Å². The lowest BCUT2D eigenvalue weighted by Crippen LogP contribution is -2.49. The fraction of sp³-hybridized carbons (Fsp3) is 0.538. The summed E-state index contributed by atoms with van der Waals surface area (Å²) >= 11 is 0. The van der Waals surface area contributed by atoms with Crippen LogP contribution in [0.1, 0.15) is 17.2 Å². The summed E-state index contributed by atoms with van der Waals surface area (Å²) in [5.41, 5.74) is -1.44. The van der Waals surface area contributed by atoms with Crippen molar-refractivity contribution < 1.29 is 26.3 Å². The molecule has 0 aliphatic carbocycles. The third-order valence-electron chi connectivity index (χ3n) is 3.36. The van der Waals surface area contributed by atoms with E-state index in [2.05, 4.69) is 5.32 Å². The van der Waals surface area contributed by atoms with Crippen LogP contribution < -0.4 is 5.32 Å². The van der Waals surface area contributed by atoms with Gasteiger partial charge in [-0.1, -0.05) is 12.1 Å². The number of rotatable bonds is 2. The molecule has 2 rings (SSSR count). The van der Waals surface area contributed by atoms with Crippen LogP contribution in [-0.4, -0.2) is 37.3 Å². The second-order valence-corrected chi connectivity index (χ2v) is 4.85. The van der Waals surface area contributed by atoms with Crippen LogP contribution in [0.25, 0.3) is 0 Å². The Morgan fingerprint density at radius 2 is 1.62 bits per heavy atom. The first-order valence-electron chi connectivity index (χ1n) is 6.38. The van der Waals surface area contributed by atoms with Crippen molar-refractivity contribution in [2.75, 3.05) is 26.2 Å². The van der Waals surface area contributed by atoms with E-state index in [0.717, 1.165) is 23.1 Å². The van der Waals surface area contributed by atoms with Crippen LogP contribution in [0.5, 0.6) is 0 Å². The average molecular weight is 312 g/mol. The van der Waals surface area contributed by atoms with E-state index in [9.17, 15) is 26.3 Å². The zero-order valence-electron chi connectivity index (χ0n) is 10.9. The summed E-state index contributed by atoms with van der Waals surface area (Å²) < 4.78 is 77.8. The molecule has 0 spiro atoms. The lowest BCUT2D eigenvalue weighted by molar-refractivity contribution is -0.188. The van der Waals surface area contributed by atoms with Gasteiger partial charge in [-0.25, -0.2) is 0 Å². The lowest BCUT2D eigenvalue weighted by Gasteiger charge is -2.36. The molecule has 1 aliphatic rings. The molecular formula is C13H14F6N2. The molecule has 1 saturated heterocycles. The first-order chi connectivity index (χ1) is 9.69. The summed E-state index contributed by atoms with van der Waals surface area (Å²) in [7, 11) is 0. The molecule has 8 heteroatoms. The van der Waals surface area contributed by atoms with Gasteiger partial charge in [0.15, 0.2) is 0 Å². The molecule has 1 atom stereocenters. The maximum Gasteiger partial charge on any atom is 0.416 e. The van der Waals surface area contributed by atoms with Crippen molar-refractivity contribution >= 4 is 0 Å². The number of halogens is 6. The van der Waals surface area contributed by atoms with Gasteiger partial charge in [0.1, 0.15) is 6.04 Å². The Hall–Kier alpha value is -1.28. The minimum Gasteiger partial charge on any atom is -0.314 e. The van der Waals surface area contributed by atoms with Crippen molar-refractivity contribution in [3.63, 3.8) is 0 Å². The zero-order valence-corrected chi connectivity index (χ0v) is 10.9. The standard InChI is InChI=1S/C13H14F6N2/c14-12(15,16)10-3-1-2-9(8-10)11(13(17,18)19)21-6-4-20-5-7-21/h1-3,8,11,20H,4-7H2/t11-/m0/s1. The third-order valence-corrected chi connectivity index (χ3v) is 3.36. The highest BCUT2D eigenvalue weighted by molar-refractivity contribution is 5.29. The number of piperazine rings is 1. The Morgan fingerprint density at radius 1 is 1.00 bits per heavy atom. The molecule has 0 radical (unpaired) electrons. The van der Waals surface area contributed by atoms with Gasteiger partial charge in [-0.3, -0.25) is 4.90 Å². The van der Waals surface area contributed by atoms with Gasteiger partial charge < -0.3 is 5.32 Å². The molecular weight excluding hydrogens is 298 g/mol. The smallest absolute Gasteiger partial charge is 0.314 e. The highest BCUT2D eigenvalue weighted by Crippen LogP contribution is 2.39. The largest absolute Gasteiger partial charge is 0.416 e. The van der Waals surface area contributed by atoms with Crippen LogP contribution in [0.15, 0.2) is 24.3 Å². The number of nitrogens with zero attached hydrogens (tertiary/aromatic N) is 1. The summed E-state index contributed by atoms with van der Waals surface area (Å²) in [4.78, 5) is 1.16. The molecule has 1 fully saturated rings. The number of hydrogen-bond donors (Lipinski definition) is 1. The number of alkyl halides is 6. The van der Waals surface area contributed by atoms with E-state index in [1.807, 2.05) is 0 Å². The maximum atomic E-state index is 13.3. The normalized spacial score (nSPS) is 19.5. The summed E-state index contributed by atoms with van der Waals surface area (Å²) in [5, 5.41) is 2.92. The molecule has 1 aliphatic heterocycles. The summed E-state index contributed by atoms with van der Waals surface area (Å²) in [6, 6.07) is 1.45. The molecule has 0 unspecified atom stereocenters. The molecule has 1 N–H and O–H groups in total. The van der Waals surface area contributed by atoms with Gasteiger partial charge in [0.25, 0.3) is 0 Å². The summed E-state index contributed by atoms with van der Waals surface area (Å²) in [5.74, 6) is 0. The molecule has 2 nitrogen and oxygen atoms in total. The van der Waals surface area contributed by atoms with Gasteiger partial charge in [-0.15, -0.1) is 0 Å². The van der Waals surface area contributed by atoms with Crippen LogP contribution in [0.4, 0.5) is 26.3 Å². The van der Waals surface area contributed by atoms with E-state index < -0.39 is 24.0 Å². The molecule has 0 saturated carbocycles. The molecule has 21 heavy (non-hydrogen) atoms. The van der Waals surface area contributed by atoms with Crippen LogP contribution >= 0.6 is 0 Å². The van der Waals surface area contributed by atoms with E-state index in [1.54, 1.807) is 0 Å². The maximum absolute atomic E-state index is 13.3. The Balaban J connectivity index is 2.37. The predicted octanol–water partition coefficient (Wildman–Crippen LogP) is 3.21. The average Bonchev–Trinajstić information content (AvgIpc) is 2.38. The summed E-state index contributed by atoms with van der Waals surface area (Å²) in [6.45, 7) is 1.04. The van der Waals surface area contributed by atoms with E-state index in [1.165, 1.54) is 0 Å². The fourth-order valence-corrected chi connectivity index (χ4v) is 2.43. The van der Waals surface area contributed by atoms with Crippen LogP contribution in [0, 0.1) is 0 Å². The molecule has 0 bridgehead atoms. The Kier molecular flexibility index (Phi) is 4.48. The molecule has 0 amide bonds. The quantitative estimate of drug-likeness (QED) is 0.844. The van der Waals surface area contributed by atoms with Gasteiger partial charge >= 0.3 is 12.4 Å². The minimum atomic E-state index is -4.66. The highest BCUT2D eigenvalue weighted by atomic mass is 19.4. The highest BCUT2D eigenvalue weighted by Gasteiger charge is 2.45. The van der Waals surface area contributed by atoms with E-state index in [4.69, 9.17) is 0 Å². The monoisotopic (exact) mass is 312 g/mol. The number of benzene rings is 1. The fourth-order valence-electron chi connectivity index (χ4n) is 2.43. The van der Waals surface area contributed by atoms with Crippen molar-refractivity contribution in [2.24, 2.45) is 0 Å². The van der Waals surface area contributed by atoms with Gasteiger partial charge in [0.05, 0.1) is 5.56 Å². The van der Waals surface area contributed by atoms with Crippen molar-refractivity contribution in [3.05, 3.63) is 35.4 Å². The van der Waals surface area contributed by atoms with Crippen LogP contribution in [0.3, 0.4) is 0 Å². The molecule has 1 aromatic rings. The summed E-state index contributed by atoms with van der Waals surface area (Å²) in [6.07, 6.45) is -9.28. The van der Waals surface area contributed by atoms with Crippen LogP contribution in [-0.2, 0) is 6.18 Å². The van der Waals surface area contributed by atoms with E-state index in [-0.39, 0.29) is 18.7 Å². The van der Waals surface area contributed by atoms with Gasteiger partial charge in [0, 0.05) is 26.2 Å². The van der Waals surface area contributed by atoms with Crippen molar-refractivity contribution in [1.29, 1.82) is 0 Å². The zero-order chi connectivity index (χ0) is 15.7. The second kappa shape index (κ2) is 5.84. The first kappa shape index (κ1) is 16.1. The number of hydrogen-bond acceptors (Lipinski definition) is 2. The van der Waals surface area contributed by atoms with Gasteiger partial charge in [0.2, 0.25) is 0 Å². The molecule has 1 heterocycles. The Morgan fingerprint density at radius 3 is 2.14 bits per heavy atom. The Bertz CT molecular complexity index is 476. The van der Waals surface area contributed by atoms with Gasteiger partial charge in [-0.05, 0) is 17.7 Å². The SMILES string of the molecule is FC(F)(F)c1cccc([C@H](N2CCNCC2)C(F)(F)F)c1. The topological polar surface area (TPSA) is 15.3 Å².